The van der Waals surface area contributed by atoms with Crippen LogP contribution >= 0.6 is 0 Å². The van der Waals surface area contributed by atoms with Gasteiger partial charge in [0.2, 0.25) is 0 Å². The average Bonchev–Trinajstić information content (AvgIpc) is 3.16. The number of nitrogens with zero attached hydrogens (tertiary/aromatic N) is 3. The normalized spacial score (nSPS) is 27.0. The van der Waals surface area contributed by atoms with Crippen LogP contribution in [0.2, 0.25) is 0 Å². The van der Waals surface area contributed by atoms with Crippen molar-refractivity contribution in [1.82, 2.24) is 15.1 Å². The first-order chi connectivity index (χ1) is 12.1. The van der Waals surface area contributed by atoms with Crippen LogP contribution in [0, 0.1) is 13.8 Å². The van der Waals surface area contributed by atoms with Gasteiger partial charge in [0, 0.05) is 13.0 Å². The highest BCUT2D eigenvalue weighted by Crippen LogP contribution is 2.36. The second-order valence-corrected chi connectivity index (χ2v) is 7.43. The van der Waals surface area contributed by atoms with Gasteiger partial charge in [0.15, 0.2) is 0 Å². The van der Waals surface area contributed by atoms with Crippen LogP contribution in [0.4, 0.5) is 5.82 Å². The molecular weight excluding hydrogens is 316 g/mol. The summed E-state index contributed by atoms with van der Waals surface area (Å²) >= 11 is 0. The summed E-state index contributed by atoms with van der Waals surface area (Å²) in [4.78, 5) is 2.45. The zero-order valence-corrected chi connectivity index (χ0v) is 15.0. The third-order valence-electron chi connectivity index (χ3n) is 5.15. The predicted octanol–water partition coefficient (Wildman–Crippen LogP) is 2.92. The van der Waals surface area contributed by atoms with Gasteiger partial charge in [-0.1, -0.05) is 0 Å². The van der Waals surface area contributed by atoms with Crippen LogP contribution in [0.3, 0.4) is 0 Å². The fourth-order valence-electron chi connectivity index (χ4n) is 4.02. The molecule has 0 radical (unpaired) electrons. The summed E-state index contributed by atoms with van der Waals surface area (Å²) in [5.74, 6) is 2.84. The minimum Gasteiger partial charge on any atom is -0.465 e. The number of ether oxygens (including phenoxy) is 1. The number of aryl methyl sites for hydroxylation is 2. The van der Waals surface area contributed by atoms with Gasteiger partial charge >= 0.3 is 0 Å². The Labute approximate surface area is 148 Å². The van der Waals surface area contributed by atoms with Crippen LogP contribution in [0.5, 0.6) is 0 Å². The monoisotopic (exact) mass is 342 g/mol. The lowest BCUT2D eigenvalue weighted by Gasteiger charge is -2.39. The molecule has 2 fully saturated rings. The van der Waals surface area contributed by atoms with E-state index in [4.69, 9.17) is 9.15 Å². The molecule has 2 aromatic rings. The lowest BCUT2D eigenvalue weighted by molar-refractivity contribution is -0.0544. The Bertz CT molecular complexity index is 714. The number of rotatable bonds is 4. The van der Waals surface area contributed by atoms with Gasteiger partial charge in [0.25, 0.3) is 0 Å². The van der Waals surface area contributed by atoms with Crippen molar-refractivity contribution in [1.29, 1.82) is 0 Å². The molecule has 6 heteroatoms. The van der Waals surface area contributed by atoms with E-state index < -0.39 is 0 Å². The molecule has 25 heavy (non-hydrogen) atoms. The SMILES string of the molecule is Cc1ccc(NC2COC3(CCCN(Cc4ccc(C)o4)C3)C2)nn1. The highest BCUT2D eigenvalue weighted by atomic mass is 16.5. The van der Waals surface area contributed by atoms with E-state index >= 15 is 0 Å². The fourth-order valence-corrected chi connectivity index (χ4v) is 4.02. The average molecular weight is 342 g/mol. The molecule has 2 atom stereocenters. The molecule has 4 rings (SSSR count). The number of furan rings is 1. The zero-order valence-electron chi connectivity index (χ0n) is 15.0. The van der Waals surface area contributed by atoms with Crippen molar-refractivity contribution in [2.75, 3.05) is 25.0 Å². The molecule has 6 nitrogen and oxygen atoms in total. The second-order valence-electron chi connectivity index (χ2n) is 7.43. The quantitative estimate of drug-likeness (QED) is 0.922. The minimum atomic E-state index is -0.0460. The fraction of sp³-hybridized carbons (Fsp3) is 0.579. The van der Waals surface area contributed by atoms with E-state index in [0.717, 1.165) is 68.5 Å². The van der Waals surface area contributed by atoms with E-state index in [1.54, 1.807) is 0 Å². The molecule has 134 valence electrons. The van der Waals surface area contributed by atoms with Crippen molar-refractivity contribution in [2.24, 2.45) is 0 Å². The molecule has 4 heterocycles. The first-order valence-corrected chi connectivity index (χ1v) is 9.09. The van der Waals surface area contributed by atoms with Crippen molar-refractivity contribution in [3.8, 4) is 0 Å². The van der Waals surface area contributed by atoms with Crippen LogP contribution < -0.4 is 5.32 Å². The number of likely N-dealkylation sites (tertiary alicyclic amines) is 1. The number of nitrogens with one attached hydrogen (secondary N) is 1. The second kappa shape index (κ2) is 6.77. The van der Waals surface area contributed by atoms with E-state index in [2.05, 4.69) is 26.5 Å². The number of hydrogen-bond acceptors (Lipinski definition) is 6. The van der Waals surface area contributed by atoms with Crippen molar-refractivity contribution >= 4 is 5.82 Å². The summed E-state index contributed by atoms with van der Waals surface area (Å²) in [6.45, 7) is 7.59. The number of piperidine rings is 1. The molecule has 2 aliphatic rings. The molecule has 1 spiro atoms. The Hall–Kier alpha value is -1.92. The Kier molecular flexibility index (Phi) is 4.48. The molecule has 2 aliphatic heterocycles. The summed E-state index contributed by atoms with van der Waals surface area (Å²) in [5, 5.41) is 11.8. The molecule has 1 N–H and O–H groups in total. The Morgan fingerprint density at radius 2 is 2.16 bits per heavy atom. The third kappa shape index (κ3) is 3.85. The van der Waals surface area contributed by atoms with Gasteiger partial charge in [-0.05, 0) is 57.5 Å². The summed E-state index contributed by atoms with van der Waals surface area (Å²) in [5.41, 5.74) is 0.885. The highest BCUT2D eigenvalue weighted by molar-refractivity contribution is 5.34. The topological polar surface area (TPSA) is 63.4 Å². The summed E-state index contributed by atoms with van der Waals surface area (Å²) < 4.78 is 12.0. The van der Waals surface area contributed by atoms with Gasteiger partial charge in [0.05, 0.1) is 30.5 Å². The third-order valence-corrected chi connectivity index (χ3v) is 5.15. The summed E-state index contributed by atoms with van der Waals surface area (Å²) in [7, 11) is 0. The Balaban J connectivity index is 1.36. The van der Waals surface area contributed by atoms with Crippen molar-refractivity contribution in [3.05, 3.63) is 41.5 Å². The largest absolute Gasteiger partial charge is 0.465 e. The number of anilines is 1. The van der Waals surface area contributed by atoms with Gasteiger partial charge < -0.3 is 14.5 Å². The molecule has 2 saturated heterocycles. The van der Waals surface area contributed by atoms with Gasteiger partial charge in [-0.15, -0.1) is 5.10 Å². The lowest BCUT2D eigenvalue weighted by atomic mass is 9.88. The van der Waals surface area contributed by atoms with Gasteiger partial charge in [0.1, 0.15) is 17.3 Å². The Morgan fingerprint density at radius 1 is 1.24 bits per heavy atom. The molecule has 0 aromatic carbocycles. The van der Waals surface area contributed by atoms with Gasteiger partial charge in [-0.25, -0.2) is 0 Å². The molecule has 0 aliphatic carbocycles. The maximum Gasteiger partial charge on any atom is 0.148 e. The first kappa shape index (κ1) is 16.5. The number of aromatic nitrogens is 2. The minimum absolute atomic E-state index is 0.0460. The highest BCUT2D eigenvalue weighted by Gasteiger charge is 2.43. The van der Waals surface area contributed by atoms with E-state index in [9.17, 15) is 0 Å². The van der Waals surface area contributed by atoms with Crippen LogP contribution in [0.25, 0.3) is 0 Å². The zero-order chi connectivity index (χ0) is 17.3. The standard InChI is InChI=1S/C19H26N4O2/c1-14-4-7-18(22-21-14)20-16-10-19(24-12-16)8-3-9-23(13-19)11-17-6-5-15(2)25-17/h4-7,16H,3,8-13H2,1-2H3,(H,20,22). The maximum atomic E-state index is 6.28. The molecule has 0 saturated carbocycles. The summed E-state index contributed by atoms with van der Waals surface area (Å²) in [6.07, 6.45) is 3.30. The Morgan fingerprint density at radius 3 is 2.92 bits per heavy atom. The predicted molar refractivity (Wildman–Crippen MR) is 95.4 cm³/mol. The molecule has 0 bridgehead atoms. The summed E-state index contributed by atoms with van der Waals surface area (Å²) in [6, 6.07) is 8.37. The molecule has 2 aromatic heterocycles. The lowest BCUT2D eigenvalue weighted by Crippen LogP contribution is -2.47. The van der Waals surface area contributed by atoms with E-state index in [-0.39, 0.29) is 5.60 Å². The van der Waals surface area contributed by atoms with Crippen molar-refractivity contribution in [2.45, 2.75) is 51.3 Å². The smallest absolute Gasteiger partial charge is 0.148 e. The van der Waals surface area contributed by atoms with E-state index in [0.29, 0.717) is 6.04 Å². The first-order valence-electron chi connectivity index (χ1n) is 9.09. The van der Waals surface area contributed by atoms with E-state index in [1.165, 1.54) is 0 Å². The van der Waals surface area contributed by atoms with Crippen LogP contribution in [0.1, 0.15) is 36.5 Å². The molecule has 2 unspecified atom stereocenters. The number of hydrogen-bond donors (Lipinski definition) is 1. The molecular formula is C19H26N4O2. The van der Waals surface area contributed by atoms with Crippen molar-refractivity contribution in [3.63, 3.8) is 0 Å². The van der Waals surface area contributed by atoms with Crippen molar-refractivity contribution < 1.29 is 9.15 Å². The van der Waals surface area contributed by atoms with Crippen LogP contribution in [-0.4, -0.2) is 46.4 Å². The van der Waals surface area contributed by atoms with Gasteiger partial charge in [-0.3, -0.25) is 4.90 Å². The maximum absolute atomic E-state index is 6.28. The van der Waals surface area contributed by atoms with Crippen LogP contribution in [-0.2, 0) is 11.3 Å². The van der Waals surface area contributed by atoms with Crippen LogP contribution in [0.15, 0.2) is 28.7 Å². The molecule has 0 amide bonds. The van der Waals surface area contributed by atoms with Gasteiger partial charge in [-0.2, -0.15) is 5.10 Å². The van der Waals surface area contributed by atoms with E-state index in [1.807, 2.05) is 32.0 Å².